The Morgan fingerprint density at radius 3 is 2.79 bits per heavy atom. The molecule has 3 aromatic rings. The molecule has 2 heterocycles. The van der Waals surface area contributed by atoms with Crippen LogP contribution in [-0.4, -0.2) is 54.4 Å². The number of carbonyl (C=O) groups is 1. The smallest absolute Gasteiger partial charge is 0.244 e. The van der Waals surface area contributed by atoms with Crippen LogP contribution in [0.1, 0.15) is 5.56 Å². The van der Waals surface area contributed by atoms with Gasteiger partial charge < -0.3 is 10.2 Å². The molecule has 1 aliphatic carbocycles. The van der Waals surface area contributed by atoms with Gasteiger partial charge in [-0.05, 0) is 47.4 Å². The highest BCUT2D eigenvalue weighted by Crippen LogP contribution is 2.44. The Labute approximate surface area is 203 Å². The van der Waals surface area contributed by atoms with E-state index in [1.807, 2.05) is 24.3 Å². The first kappa shape index (κ1) is 22.1. The second-order valence-electron chi connectivity index (χ2n) is 8.71. The van der Waals surface area contributed by atoms with Crippen LogP contribution in [0.2, 0.25) is 5.02 Å². The van der Waals surface area contributed by atoms with Crippen LogP contribution in [0.3, 0.4) is 0 Å². The predicted molar refractivity (Wildman–Crippen MR) is 138 cm³/mol. The highest BCUT2D eigenvalue weighted by Gasteiger charge is 2.43. The number of piperazine rings is 1. The Morgan fingerprint density at radius 2 is 1.97 bits per heavy atom. The third kappa shape index (κ3) is 5.13. The molecule has 0 spiro atoms. The van der Waals surface area contributed by atoms with E-state index in [4.69, 9.17) is 16.0 Å². The molecule has 0 bridgehead atoms. The van der Waals surface area contributed by atoms with Crippen molar-refractivity contribution in [2.24, 2.45) is 11.8 Å². The van der Waals surface area contributed by atoms with E-state index in [1.54, 1.807) is 23.7 Å². The number of carbonyl (C=O) groups excluding carboxylic acids is 1. The first-order valence-corrected chi connectivity index (χ1v) is 12.5. The summed E-state index contributed by atoms with van der Waals surface area (Å²) in [4.78, 5) is 17.1. The Hall–Kier alpha value is -2.67. The summed E-state index contributed by atoms with van der Waals surface area (Å²) >= 11 is 7.56. The number of fused-ring (bicyclic) bond motifs is 1. The van der Waals surface area contributed by atoms with Gasteiger partial charge >= 0.3 is 0 Å². The van der Waals surface area contributed by atoms with Gasteiger partial charge in [-0.2, -0.15) is 4.37 Å². The summed E-state index contributed by atoms with van der Waals surface area (Å²) in [5, 5.41) is 4.93. The van der Waals surface area contributed by atoms with E-state index in [9.17, 15) is 4.79 Å². The SMILES string of the molecule is C=C1[C@H](CNC(=O)/C=C/c2cccc(Cl)c2)[C@H]1CN1CCN(c2nsc3ccccc23)CC1. The molecule has 33 heavy (non-hydrogen) atoms. The third-order valence-electron chi connectivity index (χ3n) is 6.59. The number of amides is 1. The number of benzene rings is 2. The van der Waals surface area contributed by atoms with Gasteiger partial charge in [0.25, 0.3) is 0 Å². The van der Waals surface area contributed by atoms with E-state index < -0.39 is 0 Å². The summed E-state index contributed by atoms with van der Waals surface area (Å²) < 4.78 is 5.95. The van der Waals surface area contributed by atoms with Crippen molar-refractivity contribution in [3.8, 4) is 0 Å². The van der Waals surface area contributed by atoms with E-state index in [0.717, 1.165) is 44.1 Å². The number of rotatable bonds is 7. The number of anilines is 1. The lowest BCUT2D eigenvalue weighted by molar-refractivity contribution is -0.116. The highest BCUT2D eigenvalue weighted by atomic mass is 35.5. The molecule has 2 fully saturated rings. The lowest BCUT2D eigenvalue weighted by Crippen LogP contribution is -2.47. The minimum Gasteiger partial charge on any atom is -0.353 e. The zero-order chi connectivity index (χ0) is 22.8. The van der Waals surface area contributed by atoms with E-state index >= 15 is 0 Å². The number of hydrogen-bond donors (Lipinski definition) is 1. The summed E-state index contributed by atoms with van der Waals surface area (Å²) in [6.07, 6.45) is 3.35. The maximum Gasteiger partial charge on any atom is 0.244 e. The molecule has 1 saturated carbocycles. The topological polar surface area (TPSA) is 48.5 Å². The quantitative estimate of drug-likeness (QED) is 0.395. The summed E-state index contributed by atoms with van der Waals surface area (Å²) in [5.74, 6) is 1.87. The van der Waals surface area contributed by atoms with Crippen molar-refractivity contribution >= 4 is 51.0 Å². The van der Waals surface area contributed by atoms with Crippen LogP contribution in [-0.2, 0) is 4.79 Å². The van der Waals surface area contributed by atoms with Gasteiger partial charge in [0.2, 0.25) is 5.91 Å². The molecule has 1 aromatic heterocycles. The molecule has 1 saturated heterocycles. The number of aromatic nitrogens is 1. The normalized spacial score (nSPS) is 21.1. The van der Waals surface area contributed by atoms with Gasteiger partial charge in [0.15, 0.2) is 0 Å². The van der Waals surface area contributed by atoms with Crippen LogP contribution < -0.4 is 10.2 Å². The Kier molecular flexibility index (Phi) is 6.49. The molecule has 0 radical (unpaired) electrons. The van der Waals surface area contributed by atoms with Gasteiger partial charge in [-0.15, -0.1) is 0 Å². The Morgan fingerprint density at radius 1 is 1.15 bits per heavy atom. The molecule has 1 N–H and O–H groups in total. The summed E-state index contributed by atoms with van der Waals surface area (Å²) in [6, 6.07) is 15.9. The van der Waals surface area contributed by atoms with E-state index in [1.165, 1.54) is 15.7 Å². The highest BCUT2D eigenvalue weighted by molar-refractivity contribution is 7.13. The summed E-state index contributed by atoms with van der Waals surface area (Å²) in [6.45, 7) is 9.93. The van der Waals surface area contributed by atoms with Gasteiger partial charge in [0, 0.05) is 67.6 Å². The third-order valence-corrected chi connectivity index (χ3v) is 7.64. The fourth-order valence-corrected chi connectivity index (χ4v) is 5.53. The largest absolute Gasteiger partial charge is 0.353 e. The zero-order valence-electron chi connectivity index (χ0n) is 18.4. The van der Waals surface area contributed by atoms with Crippen LogP contribution in [0.4, 0.5) is 5.82 Å². The maximum atomic E-state index is 12.2. The van der Waals surface area contributed by atoms with Crippen molar-refractivity contribution < 1.29 is 4.79 Å². The van der Waals surface area contributed by atoms with E-state index in [-0.39, 0.29) is 5.91 Å². The molecule has 2 atom stereocenters. The van der Waals surface area contributed by atoms with Crippen molar-refractivity contribution in [2.45, 2.75) is 0 Å². The molecule has 7 heteroatoms. The van der Waals surface area contributed by atoms with E-state index in [0.29, 0.717) is 23.4 Å². The van der Waals surface area contributed by atoms with Gasteiger partial charge in [-0.3, -0.25) is 9.69 Å². The van der Waals surface area contributed by atoms with Crippen LogP contribution in [0.5, 0.6) is 0 Å². The number of nitrogens with one attached hydrogen (secondary N) is 1. The van der Waals surface area contributed by atoms with Gasteiger partial charge in [0.05, 0.1) is 4.70 Å². The van der Waals surface area contributed by atoms with Gasteiger partial charge in [-0.1, -0.05) is 48.0 Å². The van der Waals surface area contributed by atoms with Crippen LogP contribution in [0.25, 0.3) is 16.2 Å². The standard InChI is InChI=1S/C26H27ClN4OS/c1-18-22(16-28-25(32)10-9-19-5-4-6-20(27)15-19)23(18)17-30-11-13-31(14-12-30)26-21-7-2-3-8-24(21)33-29-26/h2-10,15,22-23H,1,11-14,16-17H2,(H,28,32)/b10-9+/t22-,23-/m0/s1. The number of nitrogens with zero attached hydrogens (tertiary/aromatic N) is 3. The second-order valence-corrected chi connectivity index (χ2v) is 9.95. The molecule has 2 aromatic carbocycles. The minimum atomic E-state index is -0.0856. The predicted octanol–water partition coefficient (Wildman–Crippen LogP) is 4.70. The first-order chi connectivity index (χ1) is 16.1. The fourth-order valence-electron chi connectivity index (χ4n) is 4.54. The van der Waals surface area contributed by atoms with Crippen molar-refractivity contribution in [3.05, 3.63) is 77.3 Å². The fraction of sp³-hybridized carbons (Fsp3) is 0.308. The Balaban J connectivity index is 1.06. The lowest BCUT2D eigenvalue weighted by Gasteiger charge is -2.35. The minimum absolute atomic E-state index is 0.0856. The zero-order valence-corrected chi connectivity index (χ0v) is 20.0. The number of hydrogen-bond acceptors (Lipinski definition) is 5. The average molecular weight is 479 g/mol. The van der Waals surface area contributed by atoms with Gasteiger partial charge in [0.1, 0.15) is 5.82 Å². The summed E-state index contributed by atoms with van der Waals surface area (Å²) in [5.41, 5.74) is 2.16. The molecule has 170 valence electrons. The average Bonchev–Trinajstić information content (AvgIpc) is 3.23. The monoisotopic (exact) mass is 478 g/mol. The maximum absolute atomic E-state index is 12.2. The molecule has 0 unspecified atom stereocenters. The summed E-state index contributed by atoms with van der Waals surface area (Å²) in [7, 11) is 0. The van der Waals surface area contributed by atoms with Crippen LogP contribution >= 0.6 is 23.1 Å². The van der Waals surface area contributed by atoms with Crippen molar-refractivity contribution in [1.82, 2.24) is 14.6 Å². The van der Waals surface area contributed by atoms with Crippen molar-refractivity contribution in [3.63, 3.8) is 0 Å². The van der Waals surface area contributed by atoms with Gasteiger partial charge in [-0.25, -0.2) is 0 Å². The van der Waals surface area contributed by atoms with Crippen molar-refractivity contribution in [2.75, 3.05) is 44.2 Å². The van der Waals surface area contributed by atoms with Crippen LogP contribution in [0.15, 0.2) is 66.8 Å². The second kappa shape index (κ2) is 9.67. The van der Waals surface area contributed by atoms with Crippen LogP contribution in [0, 0.1) is 11.8 Å². The van der Waals surface area contributed by atoms with E-state index in [2.05, 4.69) is 46.0 Å². The Bertz CT molecular complexity index is 1200. The lowest BCUT2D eigenvalue weighted by atomic mass is 10.2. The van der Waals surface area contributed by atoms with Crippen molar-refractivity contribution in [1.29, 1.82) is 0 Å². The number of halogens is 1. The molecule has 1 amide bonds. The molecule has 1 aliphatic heterocycles. The first-order valence-electron chi connectivity index (χ1n) is 11.3. The molecular weight excluding hydrogens is 452 g/mol. The molecule has 2 aliphatic rings. The molecule has 5 nitrogen and oxygen atoms in total. The molecule has 5 rings (SSSR count). The molecular formula is C26H27ClN4OS.